The smallest absolute Gasteiger partial charge is 0.339 e. The molecule has 5 nitrogen and oxygen atoms in total. The van der Waals surface area contributed by atoms with Crippen molar-refractivity contribution in [2.24, 2.45) is 0 Å². The molecular weight excluding hydrogens is 402 g/mol. The van der Waals surface area contributed by atoms with E-state index in [0.29, 0.717) is 15.8 Å². The van der Waals surface area contributed by atoms with Crippen LogP contribution in [0.4, 0.5) is 0 Å². The van der Waals surface area contributed by atoms with Gasteiger partial charge in [0.15, 0.2) is 0 Å². The first kappa shape index (κ1) is 19.3. The van der Waals surface area contributed by atoms with Crippen molar-refractivity contribution in [3.05, 3.63) is 77.7 Å². The number of nitrogens with zero attached hydrogens (tertiary/aromatic N) is 1. The van der Waals surface area contributed by atoms with Crippen LogP contribution in [-0.2, 0) is 14.9 Å². The Morgan fingerprint density at radius 2 is 1.78 bits per heavy atom. The summed E-state index contributed by atoms with van der Waals surface area (Å²) in [6.07, 6.45) is 3.32. The second-order valence-electron chi connectivity index (χ2n) is 5.50. The molecule has 0 spiro atoms. The van der Waals surface area contributed by atoms with Crippen molar-refractivity contribution >= 4 is 50.4 Å². The second-order valence-corrected chi connectivity index (χ2v) is 8.72. The van der Waals surface area contributed by atoms with Crippen molar-refractivity contribution in [3.63, 3.8) is 0 Å². The quantitative estimate of drug-likeness (QED) is 0.308. The van der Waals surface area contributed by atoms with E-state index in [4.69, 9.17) is 16.4 Å². The van der Waals surface area contributed by atoms with E-state index in [9.17, 15) is 13.2 Å². The zero-order valence-corrected chi connectivity index (χ0v) is 16.5. The zero-order chi connectivity index (χ0) is 19.4. The van der Waals surface area contributed by atoms with Crippen molar-refractivity contribution in [2.75, 3.05) is 6.54 Å². The molecule has 0 aromatic heterocycles. The van der Waals surface area contributed by atoms with Crippen molar-refractivity contribution in [1.82, 2.24) is 4.90 Å². The van der Waals surface area contributed by atoms with Gasteiger partial charge in [-0.05, 0) is 35.9 Å². The van der Waals surface area contributed by atoms with Crippen LogP contribution in [0, 0.1) is 0 Å². The molecule has 0 atom stereocenters. The topological polar surface area (TPSA) is 63.7 Å². The average Bonchev–Trinajstić information content (AvgIpc) is 2.92. The van der Waals surface area contributed by atoms with E-state index in [1.807, 2.05) is 0 Å². The maximum Gasteiger partial charge on any atom is 0.339 e. The first-order valence-corrected chi connectivity index (χ1v) is 10.5. The summed E-state index contributed by atoms with van der Waals surface area (Å²) in [6.45, 7) is 3.98. The third kappa shape index (κ3) is 4.47. The molecule has 8 heteroatoms. The van der Waals surface area contributed by atoms with Gasteiger partial charge in [0.1, 0.15) is 15.0 Å². The van der Waals surface area contributed by atoms with Gasteiger partial charge in [-0.25, -0.2) is 0 Å². The molecule has 3 rings (SSSR count). The SMILES string of the molecule is C=CCN1C(=O)/C(=C/c2ccc(OS(=O)(=O)c3ccccc3)cc2)SC1=S. The fraction of sp³-hybridized carbons (Fsp3) is 0.0526. The van der Waals surface area contributed by atoms with E-state index in [2.05, 4.69) is 6.58 Å². The highest BCUT2D eigenvalue weighted by molar-refractivity contribution is 8.26. The van der Waals surface area contributed by atoms with Gasteiger partial charge >= 0.3 is 10.1 Å². The Kier molecular flexibility index (Phi) is 5.79. The number of carbonyl (C=O) groups excluding carboxylic acids is 1. The minimum absolute atomic E-state index is 0.0833. The lowest BCUT2D eigenvalue weighted by molar-refractivity contribution is -0.121. The molecule has 2 aromatic rings. The number of hydrogen-bond acceptors (Lipinski definition) is 6. The van der Waals surface area contributed by atoms with Crippen LogP contribution < -0.4 is 4.18 Å². The molecule has 0 bridgehead atoms. The van der Waals surface area contributed by atoms with Crippen molar-refractivity contribution in [3.8, 4) is 5.75 Å². The normalized spacial score (nSPS) is 16.0. The predicted octanol–water partition coefficient (Wildman–Crippen LogP) is 3.84. The molecule has 2 aromatic carbocycles. The van der Waals surface area contributed by atoms with Crippen LogP contribution in [-0.4, -0.2) is 30.1 Å². The van der Waals surface area contributed by atoms with E-state index < -0.39 is 10.1 Å². The van der Waals surface area contributed by atoms with E-state index in [0.717, 1.165) is 5.56 Å². The molecule has 0 N–H and O–H groups in total. The summed E-state index contributed by atoms with van der Waals surface area (Å²) in [6, 6.07) is 14.3. The second kappa shape index (κ2) is 8.08. The summed E-state index contributed by atoms with van der Waals surface area (Å²) < 4.78 is 30.1. The highest BCUT2D eigenvalue weighted by Gasteiger charge is 2.30. The minimum atomic E-state index is -3.89. The molecule has 1 amide bonds. The summed E-state index contributed by atoms with van der Waals surface area (Å²) >= 11 is 6.42. The molecular formula is C19H15NO4S3. The van der Waals surface area contributed by atoms with Gasteiger partial charge < -0.3 is 4.18 Å². The van der Waals surface area contributed by atoms with Crippen LogP contribution in [0.1, 0.15) is 5.56 Å². The molecule has 1 aliphatic heterocycles. The molecule has 138 valence electrons. The average molecular weight is 418 g/mol. The van der Waals surface area contributed by atoms with E-state index in [1.165, 1.54) is 40.9 Å². The van der Waals surface area contributed by atoms with Gasteiger partial charge in [0.05, 0.1) is 4.91 Å². The lowest BCUT2D eigenvalue weighted by Gasteiger charge is -2.10. The maximum absolute atomic E-state index is 12.3. The van der Waals surface area contributed by atoms with Crippen LogP contribution in [0.2, 0.25) is 0 Å². The van der Waals surface area contributed by atoms with Gasteiger partial charge in [-0.1, -0.05) is 60.4 Å². The summed E-state index contributed by atoms with van der Waals surface area (Å²) in [5.41, 5.74) is 0.735. The Labute approximate surface area is 167 Å². The molecule has 1 saturated heterocycles. The highest BCUT2D eigenvalue weighted by Crippen LogP contribution is 2.32. The lowest BCUT2D eigenvalue weighted by Crippen LogP contribution is -2.27. The Hall–Kier alpha value is -2.42. The van der Waals surface area contributed by atoms with Gasteiger partial charge in [0.25, 0.3) is 5.91 Å². The Balaban J connectivity index is 1.76. The van der Waals surface area contributed by atoms with Crippen LogP contribution >= 0.6 is 24.0 Å². The van der Waals surface area contributed by atoms with E-state index in [-0.39, 0.29) is 16.6 Å². The summed E-state index contributed by atoms with van der Waals surface area (Å²) in [5, 5.41) is 0. The van der Waals surface area contributed by atoms with Crippen molar-refractivity contribution in [1.29, 1.82) is 0 Å². The molecule has 0 radical (unpaired) electrons. The Morgan fingerprint density at radius 1 is 1.11 bits per heavy atom. The van der Waals surface area contributed by atoms with Gasteiger partial charge in [0, 0.05) is 6.54 Å². The molecule has 1 aliphatic rings. The Bertz CT molecular complexity index is 1010. The summed E-state index contributed by atoms with van der Waals surface area (Å²) in [5.74, 6) is 0.0205. The number of amides is 1. The number of hydrogen-bond donors (Lipinski definition) is 0. The van der Waals surface area contributed by atoms with Gasteiger partial charge in [0.2, 0.25) is 0 Å². The minimum Gasteiger partial charge on any atom is -0.379 e. The number of thiocarbonyl (C=S) groups is 1. The van der Waals surface area contributed by atoms with Crippen molar-refractivity contribution < 1.29 is 17.4 Å². The van der Waals surface area contributed by atoms with Crippen LogP contribution in [0.5, 0.6) is 5.75 Å². The molecule has 0 unspecified atom stereocenters. The lowest BCUT2D eigenvalue weighted by atomic mass is 10.2. The maximum atomic E-state index is 12.3. The summed E-state index contributed by atoms with van der Waals surface area (Å²) in [4.78, 5) is 14.4. The Morgan fingerprint density at radius 3 is 2.41 bits per heavy atom. The number of carbonyl (C=O) groups is 1. The highest BCUT2D eigenvalue weighted by atomic mass is 32.2. The van der Waals surface area contributed by atoms with E-state index in [1.54, 1.807) is 42.5 Å². The molecule has 0 aliphatic carbocycles. The van der Waals surface area contributed by atoms with Gasteiger partial charge in [-0.15, -0.1) is 6.58 Å². The molecule has 1 heterocycles. The fourth-order valence-corrected chi connectivity index (χ4v) is 4.55. The predicted molar refractivity (Wildman–Crippen MR) is 111 cm³/mol. The third-order valence-electron chi connectivity index (χ3n) is 3.60. The van der Waals surface area contributed by atoms with Crippen LogP contribution in [0.25, 0.3) is 6.08 Å². The number of rotatable bonds is 6. The monoisotopic (exact) mass is 417 g/mol. The van der Waals surface area contributed by atoms with Gasteiger partial charge in [-0.3, -0.25) is 9.69 Å². The number of thioether (sulfide) groups is 1. The number of benzene rings is 2. The molecule has 27 heavy (non-hydrogen) atoms. The summed E-state index contributed by atoms with van der Waals surface area (Å²) in [7, 11) is -3.89. The van der Waals surface area contributed by atoms with E-state index >= 15 is 0 Å². The van der Waals surface area contributed by atoms with Crippen LogP contribution in [0.15, 0.2) is 77.1 Å². The molecule has 1 fully saturated rings. The van der Waals surface area contributed by atoms with Gasteiger partial charge in [-0.2, -0.15) is 8.42 Å². The van der Waals surface area contributed by atoms with Crippen molar-refractivity contribution in [2.45, 2.75) is 4.90 Å². The van der Waals surface area contributed by atoms with Crippen LogP contribution in [0.3, 0.4) is 0 Å². The third-order valence-corrected chi connectivity index (χ3v) is 6.24. The zero-order valence-electron chi connectivity index (χ0n) is 14.1. The fourth-order valence-electron chi connectivity index (χ4n) is 2.32. The first-order valence-electron chi connectivity index (χ1n) is 7.86. The standard InChI is InChI=1S/C19H15NO4S3/c1-2-12-20-18(21)17(26-19(20)25)13-14-8-10-15(11-9-14)24-27(22,23)16-6-4-3-5-7-16/h2-11,13H,1,12H2/b17-13-. The molecule has 0 saturated carbocycles. The largest absolute Gasteiger partial charge is 0.379 e. The first-order chi connectivity index (χ1) is 12.9.